The molecule has 0 amide bonds. The van der Waals surface area contributed by atoms with Crippen LogP contribution in [-0.2, 0) is 18.4 Å². The van der Waals surface area contributed by atoms with E-state index in [9.17, 15) is 4.79 Å². The van der Waals surface area contributed by atoms with Gasteiger partial charge in [-0.3, -0.25) is 4.79 Å². The van der Waals surface area contributed by atoms with Gasteiger partial charge in [-0.25, -0.2) is 14.1 Å². The van der Waals surface area contributed by atoms with Gasteiger partial charge in [0.15, 0.2) is 5.16 Å². The van der Waals surface area contributed by atoms with Crippen LogP contribution in [0.15, 0.2) is 34.2 Å². The number of fused-ring (bicyclic) bond motifs is 4. The van der Waals surface area contributed by atoms with Crippen LogP contribution in [0.3, 0.4) is 0 Å². The lowest BCUT2D eigenvalue weighted by atomic mass is 9.69. The molecule has 0 spiro atoms. The van der Waals surface area contributed by atoms with Crippen molar-refractivity contribution in [2.45, 2.75) is 57.7 Å². The first-order valence-electron chi connectivity index (χ1n) is 9.56. The van der Waals surface area contributed by atoms with Gasteiger partial charge in [0.2, 0.25) is 5.78 Å². The predicted molar refractivity (Wildman–Crippen MR) is 111 cm³/mol. The molecule has 5 nitrogen and oxygen atoms in total. The van der Waals surface area contributed by atoms with Gasteiger partial charge in [-0.1, -0.05) is 63.7 Å². The molecule has 0 bridgehead atoms. The molecule has 1 aliphatic carbocycles. The van der Waals surface area contributed by atoms with Gasteiger partial charge < -0.3 is 0 Å². The van der Waals surface area contributed by atoms with E-state index >= 15 is 0 Å². The summed E-state index contributed by atoms with van der Waals surface area (Å²) in [6, 6.07) is 8.35. The molecular weight excluding hydrogens is 356 g/mol. The molecule has 0 radical (unpaired) electrons. The molecule has 1 aliphatic rings. The van der Waals surface area contributed by atoms with E-state index < -0.39 is 0 Å². The summed E-state index contributed by atoms with van der Waals surface area (Å²) in [6.07, 6.45) is 3.72. The van der Waals surface area contributed by atoms with Gasteiger partial charge in [-0.05, 0) is 30.6 Å². The number of aromatic nitrogens is 4. The number of hydrogen-bond acceptors (Lipinski definition) is 4. The van der Waals surface area contributed by atoms with Gasteiger partial charge in [-0.2, -0.15) is 0 Å². The van der Waals surface area contributed by atoms with Gasteiger partial charge in [0, 0.05) is 17.5 Å². The lowest BCUT2D eigenvalue weighted by Crippen LogP contribution is -2.37. The quantitative estimate of drug-likeness (QED) is 0.636. The summed E-state index contributed by atoms with van der Waals surface area (Å²) in [7, 11) is 0. The fraction of sp³-hybridized carbons (Fsp3) is 0.476. The molecule has 1 aromatic carbocycles. The molecule has 3 aromatic rings. The van der Waals surface area contributed by atoms with E-state index in [1.54, 1.807) is 4.40 Å². The first-order valence-corrected chi connectivity index (χ1v) is 10.8. The fourth-order valence-electron chi connectivity index (χ4n) is 4.10. The Morgan fingerprint density at radius 2 is 2.04 bits per heavy atom. The molecule has 4 rings (SSSR count). The van der Waals surface area contributed by atoms with E-state index in [0.29, 0.717) is 16.9 Å². The molecule has 0 fully saturated rings. The molecule has 0 saturated heterocycles. The third kappa shape index (κ3) is 2.73. The SMILES string of the molecule is CCC1(C)Cc2ccccc2-c2nc3n(CC(C)C)nc(SC)n3c(=O)c21. The van der Waals surface area contributed by atoms with E-state index in [4.69, 9.17) is 4.98 Å². The van der Waals surface area contributed by atoms with Crippen molar-refractivity contribution in [2.75, 3.05) is 6.26 Å². The number of nitrogens with zero attached hydrogens (tertiary/aromatic N) is 4. The van der Waals surface area contributed by atoms with Crippen LogP contribution < -0.4 is 5.56 Å². The molecule has 2 aromatic heterocycles. The Bertz CT molecular complexity index is 1080. The lowest BCUT2D eigenvalue weighted by molar-refractivity contribution is 0.439. The average Bonchev–Trinajstić information content (AvgIpc) is 2.99. The summed E-state index contributed by atoms with van der Waals surface area (Å²) >= 11 is 1.50. The maximum absolute atomic E-state index is 13.7. The van der Waals surface area contributed by atoms with Crippen molar-refractivity contribution in [3.05, 3.63) is 45.7 Å². The highest BCUT2D eigenvalue weighted by molar-refractivity contribution is 7.98. The Balaban J connectivity index is 2.13. The van der Waals surface area contributed by atoms with E-state index in [1.165, 1.54) is 17.3 Å². The largest absolute Gasteiger partial charge is 0.268 e. The second-order valence-corrected chi connectivity index (χ2v) is 8.86. The fourth-order valence-corrected chi connectivity index (χ4v) is 4.63. The Morgan fingerprint density at radius 1 is 1.30 bits per heavy atom. The van der Waals surface area contributed by atoms with Gasteiger partial charge >= 0.3 is 0 Å². The highest BCUT2D eigenvalue weighted by Gasteiger charge is 2.38. The topological polar surface area (TPSA) is 52.2 Å². The summed E-state index contributed by atoms with van der Waals surface area (Å²) < 4.78 is 3.60. The van der Waals surface area contributed by atoms with Crippen LogP contribution in [0.2, 0.25) is 0 Å². The zero-order valence-corrected chi connectivity index (χ0v) is 17.4. The summed E-state index contributed by atoms with van der Waals surface area (Å²) in [5, 5.41) is 5.40. The highest BCUT2D eigenvalue weighted by atomic mass is 32.2. The Hall–Kier alpha value is -2.08. The van der Waals surface area contributed by atoms with Crippen molar-refractivity contribution in [1.82, 2.24) is 19.2 Å². The maximum Gasteiger partial charge on any atom is 0.265 e. The van der Waals surface area contributed by atoms with Gasteiger partial charge in [0.25, 0.3) is 5.56 Å². The smallest absolute Gasteiger partial charge is 0.265 e. The minimum absolute atomic E-state index is 0.0354. The standard InChI is InChI=1S/C21H26N4OS/c1-6-21(4)11-14-9-7-8-10-15(14)17-16(21)18(26)25-19(22-17)24(12-13(2)3)23-20(25)27-5/h7-10,13H,6,11-12H2,1-5H3. The molecule has 0 N–H and O–H groups in total. The van der Waals surface area contributed by atoms with E-state index in [0.717, 1.165) is 36.2 Å². The van der Waals surface area contributed by atoms with Crippen molar-refractivity contribution in [3.63, 3.8) is 0 Å². The Labute approximate surface area is 163 Å². The Kier molecular flexibility index (Phi) is 4.41. The number of rotatable bonds is 4. The molecule has 1 atom stereocenters. The number of thioether (sulfide) groups is 1. The number of hydrogen-bond donors (Lipinski definition) is 0. The van der Waals surface area contributed by atoms with Crippen LogP contribution >= 0.6 is 11.8 Å². The summed E-state index contributed by atoms with van der Waals surface area (Å²) in [5.74, 6) is 1.07. The summed E-state index contributed by atoms with van der Waals surface area (Å²) in [6.45, 7) is 9.38. The molecule has 142 valence electrons. The summed E-state index contributed by atoms with van der Waals surface area (Å²) in [4.78, 5) is 18.7. The van der Waals surface area contributed by atoms with Crippen LogP contribution in [0, 0.1) is 5.92 Å². The van der Waals surface area contributed by atoms with E-state index in [-0.39, 0.29) is 11.0 Å². The predicted octanol–water partition coefficient (Wildman–Crippen LogP) is 4.16. The first-order chi connectivity index (χ1) is 12.9. The minimum atomic E-state index is -0.217. The van der Waals surface area contributed by atoms with Crippen LogP contribution in [0.1, 0.15) is 45.2 Å². The zero-order valence-electron chi connectivity index (χ0n) is 16.6. The van der Waals surface area contributed by atoms with Crippen molar-refractivity contribution in [2.24, 2.45) is 5.92 Å². The van der Waals surface area contributed by atoms with Crippen LogP contribution in [0.5, 0.6) is 0 Å². The van der Waals surface area contributed by atoms with Gasteiger partial charge in [0.1, 0.15) is 0 Å². The van der Waals surface area contributed by atoms with Crippen molar-refractivity contribution in [1.29, 1.82) is 0 Å². The second-order valence-electron chi connectivity index (χ2n) is 8.09. The molecule has 0 saturated carbocycles. The van der Waals surface area contributed by atoms with E-state index in [2.05, 4.69) is 51.0 Å². The Morgan fingerprint density at radius 3 is 2.70 bits per heavy atom. The number of benzene rings is 1. The third-order valence-corrected chi connectivity index (χ3v) is 6.28. The monoisotopic (exact) mass is 382 g/mol. The molecule has 27 heavy (non-hydrogen) atoms. The first kappa shape index (κ1) is 18.3. The van der Waals surface area contributed by atoms with Crippen LogP contribution in [0.4, 0.5) is 0 Å². The summed E-state index contributed by atoms with van der Waals surface area (Å²) in [5.41, 5.74) is 3.84. The van der Waals surface area contributed by atoms with Crippen molar-refractivity contribution < 1.29 is 0 Å². The van der Waals surface area contributed by atoms with Gasteiger partial charge in [-0.15, -0.1) is 5.10 Å². The maximum atomic E-state index is 13.7. The zero-order chi connectivity index (χ0) is 19.3. The highest BCUT2D eigenvalue weighted by Crippen LogP contribution is 2.42. The van der Waals surface area contributed by atoms with Crippen LogP contribution in [-0.4, -0.2) is 25.4 Å². The van der Waals surface area contributed by atoms with Crippen molar-refractivity contribution in [3.8, 4) is 11.3 Å². The molecule has 0 aliphatic heterocycles. The van der Waals surface area contributed by atoms with Crippen LogP contribution in [0.25, 0.3) is 17.0 Å². The normalized spacial score (nSPS) is 18.7. The second kappa shape index (κ2) is 6.51. The van der Waals surface area contributed by atoms with Crippen molar-refractivity contribution >= 4 is 17.5 Å². The molecule has 6 heteroatoms. The molecule has 2 heterocycles. The van der Waals surface area contributed by atoms with E-state index in [1.807, 2.05) is 17.0 Å². The minimum Gasteiger partial charge on any atom is -0.268 e. The molecular formula is C21H26N4OS. The lowest BCUT2D eigenvalue weighted by Gasteiger charge is -2.35. The third-order valence-electron chi connectivity index (χ3n) is 5.65. The molecule has 1 unspecified atom stereocenters. The average molecular weight is 383 g/mol. The van der Waals surface area contributed by atoms with Gasteiger partial charge in [0.05, 0.1) is 11.3 Å².